The lowest BCUT2D eigenvalue weighted by molar-refractivity contribution is 0.0973. The number of nitrogens with zero attached hydrogens (tertiary/aromatic N) is 4. The van der Waals surface area contributed by atoms with Crippen molar-refractivity contribution in [2.75, 3.05) is 39.9 Å². The van der Waals surface area contributed by atoms with Crippen molar-refractivity contribution in [3.05, 3.63) is 69.9 Å². The predicted octanol–water partition coefficient (Wildman–Crippen LogP) is 3.52. The first kappa shape index (κ1) is 21.2. The highest BCUT2D eigenvalue weighted by Crippen LogP contribution is 2.26. The van der Waals surface area contributed by atoms with E-state index >= 15 is 0 Å². The first-order chi connectivity index (χ1) is 15.7. The number of fused-ring (bicyclic) bond motifs is 1. The first-order valence-corrected chi connectivity index (χ1v) is 11.5. The van der Waals surface area contributed by atoms with E-state index in [0.29, 0.717) is 23.8 Å². The molecule has 1 saturated heterocycles. The molecule has 3 aromatic rings. The molecule has 168 valence electrons. The normalized spacial score (nSPS) is 16.7. The number of piperazine rings is 1. The first-order valence-electron chi connectivity index (χ1n) is 11.1. The number of methoxy groups -OCH3 is 1. The fraction of sp³-hybridized carbons (Fsp3) is 0.417. The molecule has 0 saturated carbocycles. The van der Waals surface area contributed by atoms with E-state index in [1.165, 1.54) is 11.1 Å². The lowest BCUT2D eigenvalue weighted by Gasteiger charge is -2.34. The number of aromatic nitrogens is 2. The Morgan fingerprint density at radius 1 is 1.00 bits per heavy atom. The smallest absolute Gasteiger partial charge is 0.288 e. The number of hydrogen-bond acceptors (Lipinski definition) is 7. The van der Waals surface area contributed by atoms with E-state index in [0.717, 1.165) is 62.8 Å². The van der Waals surface area contributed by atoms with Crippen molar-refractivity contribution >= 4 is 12.2 Å². The van der Waals surface area contributed by atoms with Crippen LogP contribution in [0.1, 0.15) is 22.6 Å². The number of rotatable bonds is 7. The summed E-state index contributed by atoms with van der Waals surface area (Å²) in [7, 11) is 1.66. The van der Waals surface area contributed by atoms with Crippen molar-refractivity contribution in [2.45, 2.75) is 26.1 Å². The van der Waals surface area contributed by atoms with E-state index in [-0.39, 0.29) is 0 Å². The lowest BCUT2D eigenvalue weighted by atomic mass is 10.1. The Bertz CT molecular complexity index is 1120. The standard InChI is InChI=1S/C24H28N4O3S/c1-29-21-5-2-18(3-6-21)15-23-25-28(24(32)31-23)17-27-11-9-26(10-12-27)16-19-4-7-22-20(14-19)8-13-30-22/h2-7,14H,8-13,15-17H2,1H3. The highest BCUT2D eigenvalue weighted by Gasteiger charge is 2.20. The van der Waals surface area contributed by atoms with Gasteiger partial charge in [0.2, 0.25) is 5.89 Å². The van der Waals surface area contributed by atoms with Crippen LogP contribution in [0.3, 0.4) is 0 Å². The van der Waals surface area contributed by atoms with Gasteiger partial charge in [0, 0.05) is 39.1 Å². The molecule has 0 amide bonds. The van der Waals surface area contributed by atoms with Gasteiger partial charge in [-0.1, -0.05) is 24.3 Å². The Morgan fingerprint density at radius 3 is 2.53 bits per heavy atom. The summed E-state index contributed by atoms with van der Waals surface area (Å²) < 4.78 is 18.4. The summed E-state index contributed by atoms with van der Waals surface area (Å²) in [6.45, 7) is 6.47. The molecular formula is C24H28N4O3S. The summed E-state index contributed by atoms with van der Waals surface area (Å²) in [6.07, 6.45) is 1.63. The minimum Gasteiger partial charge on any atom is -0.497 e. The number of ether oxygens (including phenoxy) is 2. The summed E-state index contributed by atoms with van der Waals surface area (Å²) in [4.78, 5) is 5.31. The van der Waals surface area contributed by atoms with Gasteiger partial charge < -0.3 is 13.9 Å². The maximum Gasteiger partial charge on any atom is 0.288 e. The Kier molecular flexibility index (Phi) is 6.25. The molecule has 0 unspecified atom stereocenters. The molecule has 2 aromatic carbocycles. The fourth-order valence-electron chi connectivity index (χ4n) is 4.30. The van der Waals surface area contributed by atoms with Gasteiger partial charge in [-0.05, 0) is 47.1 Å². The van der Waals surface area contributed by atoms with Gasteiger partial charge >= 0.3 is 0 Å². The van der Waals surface area contributed by atoms with E-state index in [4.69, 9.17) is 26.1 Å². The molecule has 0 radical (unpaired) electrons. The molecule has 1 aromatic heterocycles. The van der Waals surface area contributed by atoms with E-state index in [9.17, 15) is 0 Å². The van der Waals surface area contributed by atoms with E-state index in [2.05, 4.69) is 33.1 Å². The molecule has 3 heterocycles. The lowest BCUT2D eigenvalue weighted by Crippen LogP contribution is -2.46. The second kappa shape index (κ2) is 9.44. The van der Waals surface area contributed by atoms with Crippen LogP contribution < -0.4 is 9.47 Å². The van der Waals surface area contributed by atoms with Gasteiger partial charge in [0.15, 0.2) is 0 Å². The largest absolute Gasteiger partial charge is 0.497 e. The van der Waals surface area contributed by atoms with Crippen LogP contribution in [-0.2, 0) is 26.1 Å². The second-order valence-electron chi connectivity index (χ2n) is 8.36. The molecule has 1 fully saturated rings. The number of hydrogen-bond donors (Lipinski definition) is 0. The highest BCUT2D eigenvalue weighted by atomic mass is 32.1. The van der Waals surface area contributed by atoms with E-state index < -0.39 is 0 Å². The second-order valence-corrected chi connectivity index (χ2v) is 8.71. The molecule has 0 bridgehead atoms. The summed E-state index contributed by atoms with van der Waals surface area (Å²) in [5.41, 5.74) is 3.82. The summed E-state index contributed by atoms with van der Waals surface area (Å²) in [5, 5.41) is 4.61. The zero-order valence-electron chi connectivity index (χ0n) is 18.3. The summed E-state index contributed by atoms with van der Waals surface area (Å²) >= 11 is 5.41. The zero-order valence-corrected chi connectivity index (χ0v) is 19.1. The van der Waals surface area contributed by atoms with E-state index in [1.54, 1.807) is 11.8 Å². The Morgan fingerprint density at radius 2 is 1.75 bits per heavy atom. The molecule has 0 N–H and O–H groups in total. The van der Waals surface area contributed by atoms with Crippen LogP contribution in [0.2, 0.25) is 0 Å². The maximum atomic E-state index is 5.74. The van der Waals surface area contributed by atoms with Crippen LogP contribution in [0, 0.1) is 4.84 Å². The maximum absolute atomic E-state index is 5.74. The van der Waals surface area contributed by atoms with Gasteiger partial charge in [-0.3, -0.25) is 9.80 Å². The SMILES string of the molecule is COc1ccc(Cc2nn(CN3CCN(Cc4ccc5c(c4)CCO5)CC3)c(=S)o2)cc1. The van der Waals surface area contributed by atoms with Crippen LogP contribution in [0.25, 0.3) is 0 Å². The summed E-state index contributed by atoms with van der Waals surface area (Å²) in [6, 6.07) is 14.5. The van der Waals surface area contributed by atoms with Gasteiger partial charge in [-0.25, -0.2) is 4.68 Å². The third kappa shape index (κ3) is 4.87. The van der Waals surface area contributed by atoms with Crippen LogP contribution in [-0.4, -0.2) is 59.5 Å². The number of benzene rings is 2. The quantitative estimate of drug-likeness (QED) is 0.509. The molecule has 2 aliphatic heterocycles. The monoisotopic (exact) mass is 452 g/mol. The van der Waals surface area contributed by atoms with Crippen molar-refractivity contribution in [1.82, 2.24) is 19.6 Å². The molecule has 0 spiro atoms. The molecule has 2 aliphatic rings. The Labute approximate surface area is 193 Å². The Hall–Kier alpha value is -2.68. The van der Waals surface area contributed by atoms with Crippen molar-refractivity contribution in [1.29, 1.82) is 0 Å². The molecule has 0 aliphatic carbocycles. The highest BCUT2D eigenvalue weighted by molar-refractivity contribution is 7.71. The predicted molar refractivity (Wildman–Crippen MR) is 124 cm³/mol. The van der Waals surface area contributed by atoms with Crippen molar-refractivity contribution in [3.8, 4) is 11.5 Å². The minimum atomic E-state index is 0.427. The minimum absolute atomic E-state index is 0.427. The van der Waals surface area contributed by atoms with Crippen LogP contribution in [0.4, 0.5) is 0 Å². The fourth-order valence-corrected chi connectivity index (χ4v) is 4.50. The van der Waals surface area contributed by atoms with Gasteiger partial charge in [0.05, 0.1) is 26.8 Å². The molecular weight excluding hydrogens is 424 g/mol. The van der Waals surface area contributed by atoms with Crippen molar-refractivity contribution in [2.24, 2.45) is 0 Å². The Balaban J connectivity index is 1.13. The average molecular weight is 453 g/mol. The molecule has 8 heteroatoms. The zero-order chi connectivity index (χ0) is 21.9. The third-order valence-corrected chi connectivity index (χ3v) is 6.42. The van der Waals surface area contributed by atoms with Gasteiger partial charge in [0.25, 0.3) is 4.84 Å². The van der Waals surface area contributed by atoms with E-state index in [1.807, 2.05) is 24.3 Å². The van der Waals surface area contributed by atoms with Gasteiger partial charge in [-0.15, -0.1) is 5.10 Å². The average Bonchev–Trinajstić information content (AvgIpc) is 3.41. The van der Waals surface area contributed by atoms with Crippen LogP contribution in [0.15, 0.2) is 46.9 Å². The topological polar surface area (TPSA) is 55.9 Å². The molecule has 32 heavy (non-hydrogen) atoms. The molecule has 7 nitrogen and oxygen atoms in total. The molecule has 5 rings (SSSR count). The van der Waals surface area contributed by atoms with Crippen molar-refractivity contribution < 1.29 is 13.9 Å². The van der Waals surface area contributed by atoms with Gasteiger partial charge in [0.1, 0.15) is 11.5 Å². The van der Waals surface area contributed by atoms with Crippen LogP contribution in [0.5, 0.6) is 11.5 Å². The van der Waals surface area contributed by atoms with Crippen LogP contribution >= 0.6 is 12.2 Å². The third-order valence-electron chi connectivity index (χ3n) is 6.12. The van der Waals surface area contributed by atoms with Gasteiger partial charge in [-0.2, -0.15) is 0 Å². The molecule has 0 atom stereocenters. The van der Waals surface area contributed by atoms with Crippen molar-refractivity contribution in [3.63, 3.8) is 0 Å². The summed E-state index contributed by atoms with van der Waals surface area (Å²) in [5.74, 6) is 2.53.